The number of nitrogens with one attached hydrogen (secondary N) is 2. The van der Waals surface area contributed by atoms with Gasteiger partial charge >= 0.3 is 5.69 Å². The van der Waals surface area contributed by atoms with E-state index < -0.39 is 0 Å². The maximum Gasteiger partial charge on any atom is 0.343 e. The molecule has 16 heavy (non-hydrogen) atoms. The van der Waals surface area contributed by atoms with E-state index in [-0.39, 0.29) is 24.1 Å². The maximum absolute atomic E-state index is 11.5. The number of hydrogen-bond donors (Lipinski definition) is 2. The predicted molar refractivity (Wildman–Crippen MR) is 65.3 cm³/mol. The number of nitrogens with zero attached hydrogens (tertiary/aromatic N) is 2. The number of H-pyrrole nitrogens is 1. The lowest BCUT2D eigenvalue weighted by atomic mass is 9.98. The molecular weight excluding hydrogens is 228 g/mol. The highest BCUT2D eigenvalue weighted by molar-refractivity contribution is 5.85. The molecule has 0 bridgehead atoms. The Balaban J connectivity index is 0.00000128. The summed E-state index contributed by atoms with van der Waals surface area (Å²) in [7, 11) is 0. The quantitative estimate of drug-likeness (QED) is 0.820. The molecule has 92 valence electrons. The largest absolute Gasteiger partial charge is 0.343 e. The standard InChI is InChI=1S/C10H18N4O.ClH/c1-7(2)14-9(12-13-10(14)15)8-4-3-5-11-6-8;/h7-8,11H,3-6H2,1-2H3,(H,13,15);1H. The molecule has 5 nitrogen and oxygen atoms in total. The van der Waals surface area contributed by atoms with E-state index in [2.05, 4.69) is 15.5 Å². The Morgan fingerprint density at radius 3 is 2.81 bits per heavy atom. The van der Waals surface area contributed by atoms with Crippen LogP contribution in [0, 0.1) is 0 Å². The van der Waals surface area contributed by atoms with Crippen molar-refractivity contribution in [2.24, 2.45) is 0 Å². The molecule has 2 heterocycles. The molecule has 1 aliphatic rings. The van der Waals surface area contributed by atoms with Gasteiger partial charge < -0.3 is 5.32 Å². The van der Waals surface area contributed by atoms with Crippen molar-refractivity contribution in [1.82, 2.24) is 20.1 Å². The molecule has 2 rings (SSSR count). The van der Waals surface area contributed by atoms with Gasteiger partial charge in [-0.3, -0.25) is 4.57 Å². The molecule has 0 amide bonds. The fourth-order valence-electron chi connectivity index (χ4n) is 2.18. The van der Waals surface area contributed by atoms with Crippen LogP contribution >= 0.6 is 12.4 Å². The summed E-state index contributed by atoms with van der Waals surface area (Å²) in [6.45, 7) is 6.02. The van der Waals surface area contributed by atoms with Gasteiger partial charge in [0.25, 0.3) is 0 Å². The average Bonchev–Trinajstić information content (AvgIpc) is 2.61. The summed E-state index contributed by atoms with van der Waals surface area (Å²) in [6, 6.07) is 0.174. The summed E-state index contributed by atoms with van der Waals surface area (Å²) in [6.07, 6.45) is 2.27. The summed E-state index contributed by atoms with van der Waals surface area (Å²) >= 11 is 0. The average molecular weight is 247 g/mol. The van der Waals surface area contributed by atoms with Crippen molar-refractivity contribution in [3.63, 3.8) is 0 Å². The number of aromatic nitrogens is 3. The molecule has 1 aromatic rings. The van der Waals surface area contributed by atoms with Crippen LogP contribution < -0.4 is 11.0 Å². The summed E-state index contributed by atoms with van der Waals surface area (Å²) in [4.78, 5) is 11.5. The third kappa shape index (κ3) is 2.47. The van der Waals surface area contributed by atoms with E-state index in [1.54, 1.807) is 4.57 Å². The first kappa shape index (κ1) is 13.3. The zero-order valence-electron chi connectivity index (χ0n) is 9.69. The Bertz CT molecular complexity index is 378. The van der Waals surface area contributed by atoms with Gasteiger partial charge in [0, 0.05) is 18.5 Å². The highest BCUT2D eigenvalue weighted by Crippen LogP contribution is 2.21. The van der Waals surface area contributed by atoms with E-state index in [0.29, 0.717) is 5.92 Å². The van der Waals surface area contributed by atoms with Crippen LogP contribution in [0.2, 0.25) is 0 Å². The van der Waals surface area contributed by atoms with Gasteiger partial charge in [-0.1, -0.05) is 0 Å². The Hall–Kier alpha value is -0.810. The molecule has 1 aromatic heterocycles. The van der Waals surface area contributed by atoms with Crippen molar-refractivity contribution in [3.8, 4) is 0 Å². The van der Waals surface area contributed by atoms with Crippen molar-refractivity contribution >= 4 is 12.4 Å². The van der Waals surface area contributed by atoms with Gasteiger partial charge in [-0.25, -0.2) is 9.89 Å². The minimum atomic E-state index is -0.0921. The summed E-state index contributed by atoms with van der Waals surface area (Å²) < 4.78 is 1.76. The van der Waals surface area contributed by atoms with E-state index in [1.165, 1.54) is 0 Å². The van der Waals surface area contributed by atoms with Gasteiger partial charge in [0.15, 0.2) is 0 Å². The monoisotopic (exact) mass is 246 g/mol. The third-order valence-electron chi connectivity index (χ3n) is 2.91. The molecule has 6 heteroatoms. The van der Waals surface area contributed by atoms with Crippen LogP contribution in [-0.2, 0) is 0 Å². The zero-order chi connectivity index (χ0) is 10.8. The summed E-state index contributed by atoms with van der Waals surface area (Å²) in [5.74, 6) is 1.28. The zero-order valence-corrected chi connectivity index (χ0v) is 10.5. The fourth-order valence-corrected chi connectivity index (χ4v) is 2.18. The number of aromatic amines is 1. The van der Waals surface area contributed by atoms with Gasteiger partial charge in [-0.15, -0.1) is 12.4 Å². The minimum absolute atomic E-state index is 0. The molecule has 0 aliphatic carbocycles. The second-order valence-corrected chi connectivity index (χ2v) is 4.39. The number of rotatable bonds is 2. The van der Waals surface area contributed by atoms with Crippen LogP contribution in [0.25, 0.3) is 0 Å². The second kappa shape index (κ2) is 5.50. The second-order valence-electron chi connectivity index (χ2n) is 4.39. The predicted octanol–water partition coefficient (Wildman–Crippen LogP) is 1.04. The lowest BCUT2D eigenvalue weighted by molar-refractivity contribution is 0.419. The Kier molecular flexibility index (Phi) is 4.56. The van der Waals surface area contributed by atoms with Gasteiger partial charge in [-0.05, 0) is 33.2 Å². The molecule has 0 saturated carbocycles. The molecule has 1 fully saturated rings. The highest BCUT2D eigenvalue weighted by Gasteiger charge is 2.22. The van der Waals surface area contributed by atoms with Gasteiger partial charge in [-0.2, -0.15) is 5.10 Å². The van der Waals surface area contributed by atoms with Gasteiger partial charge in [0.2, 0.25) is 0 Å². The molecule has 1 aliphatic heterocycles. The minimum Gasteiger partial charge on any atom is -0.316 e. The van der Waals surface area contributed by atoms with E-state index in [4.69, 9.17) is 0 Å². The van der Waals surface area contributed by atoms with Gasteiger partial charge in [0.1, 0.15) is 5.82 Å². The van der Waals surface area contributed by atoms with Crippen molar-refractivity contribution < 1.29 is 0 Å². The smallest absolute Gasteiger partial charge is 0.316 e. The van der Waals surface area contributed by atoms with Crippen molar-refractivity contribution in [2.75, 3.05) is 13.1 Å². The molecule has 1 unspecified atom stereocenters. The highest BCUT2D eigenvalue weighted by atomic mass is 35.5. The number of piperidine rings is 1. The molecule has 0 aromatic carbocycles. The molecule has 1 atom stereocenters. The van der Waals surface area contributed by atoms with Crippen molar-refractivity contribution in [3.05, 3.63) is 16.3 Å². The molecular formula is C10H19ClN4O. The van der Waals surface area contributed by atoms with Gasteiger partial charge in [0.05, 0.1) is 0 Å². The summed E-state index contributed by atoms with van der Waals surface area (Å²) in [5.41, 5.74) is -0.0921. The first-order valence-corrected chi connectivity index (χ1v) is 5.57. The van der Waals surface area contributed by atoms with E-state index in [9.17, 15) is 4.79 Å². The first-order chi connectivity index (χ1) is 7.20. The maximum atomic E-state index is 11.5. The Morgan fingerprint density at radius 1 is 1.50 bits per heavy atom. The number of hydrogen-bond acceptors (Lipinski definition) is 3. The fraction of sp³-hybridized carbons (Fsp3) is 0.800. The summed E-state index contributed by atoms with van der Waals surface area (Å²) in [5, 5.41) is 10.0. The molecule has 2 N–H and O–H groups in total. The van der Waals surface area contributed by atoms with Crippen molar-refractivity contribution in [2.45, 2.75) is 38.6 Å². The van der Waals surface area contributed by atoms with Crippen LogP contribution in [0.1, 0.15) is 44.5 Å². The van der Waals surface area contributed by atoms with Crippen molar-refractivity contribution in [1.29, 1.82) is 0 Å². The van der Waals surface area contributed by atoms with Crippen LogP contribution in [-0.4, -0.2) is 27.9 Å². The molecule has 0 spiro atoms. The van der Waals surface area contributed by atoms with E-state index in [1.807, 2.05) is 13.8 Å². The van der Waals surface area contributed by atoms with Crippen LogP contribution in [0.4, 0.5) is 0 Å². The van der Waals surface area contributed by atoms with E-state index in [0.717, 1.165) is 31.8 Å². The lowest BCUT2D eigenvalue weighted by Crippen LogP contribution is -2.31. The van der Waals surface area contributed by atoms with Crippen LogP contribution in [0.5, 0.6) is 0 Å². The van der Waals surface area contributed by atoms with Crippen LogP contribution in [0.15, 0.2) is 4.79 Å². The first-order valence-electron chi connectivity index (χ1n) is 5.57. The van der Waals surface area contributed by atoms with Crippen LogP contribution in [0.3, 0.4) is 0 Å². The Labute approximate surface area is 101 Å². The lowest BCUT2D eigenvalue weighted by Gasteiger charge is -2.23. The SMILES string of the molecule is CC(C)n1c(C2CCCNC2)n[nH]c1=O.Cl. The van der Waals surface area contributed by atoms with E-state index >= 15 is 0 Å². The third-order valence-corrected chi connectivity index (χ3v) is 2.91. The number of halogens is 1. The molecule has 1 saturated heterocycles. The molecule has 0 radical (unpaired) electrons. The Morgan fingerprint density at radius 2 is 2.25 bits per heavy atom. The topological polar surface area (TPSA) is 62.7 Å². The normalized spacial score (nSPS) is 20.8.